The number of nitro groups is 1. The Labute approximate surface area is 105 Å². The average Bonchev–Trinajstić information content (AvgIpc) is 2.76. The lowest BCUT2D eigenvalue weighted by atomic mass is 10.2. The third kappa shape index (κ3) is 2.83. The second-order valence-corrected chi connectivity index (χ2v) is 4.55. The molecule has 6 heteroatoms. The van der Waals surface area contributed by atoms with Gasteiger partial charge in [0, 0.05) is 31.7 Å². The molecule has 0 spiro atoms. The van der Waals surface area contributed by atoms with Crippen molar-refractivity contribution in [3.8, 4) is 0 Å². The third-order valence-corrected chi connectivity index (χ3v) is 3.30. The fourth-order valence-corrected chi connectivity index (χ4v) is 2.27. The number of hydrogen-bond donors (Lipinski definition) is 1. The minimum atomic E-state index is -0.762. The minimum absolute atomic E-state index is 0.465. The van der Waals surface area contributed by atoms with Crippen molar-refractivity contribution in [1.29, 1.82) is 0 Å². The first kappa shape index (κ1) is 12.9. The molecule has 1 N–H and O–H groups in total. The van der Waals surface area contributed by atoms with Gasteiger partial charge in [0.1, 0.15) is 0 Å². The van der Waals surface area contributed by atoms with Crippen molar-refractivity contribution in [3.05, 3.63) is 39.7 Å². The summed E-state index contributed by atoms with van der Waals surface area (Å²) in [6.45, 7) is 2.52. The third-order valence-electron chi connectivity index (χ3n) is 3.30. The van der Waals surface area contributed by atoms with Crippen LogP contribution in [0.1, 0.15) is 12.0 Å². The molecule has 98 valence electrons. The van der Waals surface area contributed by atoms with Gasteiger partial charge in [0.15, 0.2) is 0 Å². The van der Waals surface area contributed by atoms with Gasteiger partial charge in [-0.25, -0.2) is 0 Å². The molecule has 1 atom stereocenters. The van der Waals surface area contributed by atoms with Gasteiger partial charge in [-0.05, 0) is 25.1 Å². The van der Waals surface area contributed by atoms with E-state index in [1.807, 2.05) is 7.05 Å². The van der Waals surface area contributed by atoms with Gasteiger partial charge in [-0.3, -0.25) is 15.0 Å². The van der Waals surface area contributed by atoms with Gasteiger partial charge in [-0.1, -0.05) is 6.07 Å². The predicted molar refractivity (Wildman–Crippen MR) is 65.8 cm³/mol. The van der Waals surface area contributed by atoms with E-state index in [0.717, 1.165) is 25.1 Å². The standard InChI is InChI=1S/C12H16FN3O2/c1-14-10-4-5-15(8-10)7-9-2-3-12(16(17)18)11(13)6-9/h2-3,6,10,14H,4-5,7-8H2,1H3. The molecule has 1 aromatic carbocycles. The van der Waals surface area contributed by atoms with Gasteiger partial charge >= 0.3 is 5.69 Å². The molecule has 1 aromatic rings. The van der Waals surface area contributed by atoms with Gasteiger partial charge in [0.2, 0.25) is 5.82 Å². The van der Waals surface area contributed by atoms with E-state index < -0.39 is 16.4 Å². The Morgan fingerprint density at radius 3 is 2.94 bits per heavy atom. The second kappa shape index (κ2) is 5.41. The van der Waals surface area contributed by atoms with Crippen LogP contribution in [0.4, 0.5) is 10.1 Å². The number of nitrogens with one attached hydrogen (secondary N) is 1. The van der Waals surface area contributed by atoms with E-state index in [9.17, 15) is 14.5 Å². The van der Waals surface area contributed by atoms with Crippen LogP contribution in [0.25, 0.3) is 0 Å². The highest BCUT2D eigenvalue weighted by Gasteiger charge is 2.21. The highest BCUT2D eigenvalue weighted by atomic mass is 19.1. The summed E-state index contributed by atoms with van der Waals surface area (Å²) in [7, 11) is 1.93. The maximum absolute atomic E-state index is 13.4. The lowest BCUT2D eigenvalue weighted by molar-refractivity contribution is -0.387. The summed E-state index contributed by atoms with van der Waals surface area (Å²) in [4.78, 5) is 12.0. The number of likely N-dealkylation sites (N-methyl/N-ethyl adjacent to an activating group) is 1. The summed E-state index contributed by atoms with van der Waals surface area (Å²) in [6.07, 6.45) is 1.08. The largest absolute Gasteiger partial charge is 0.316 e. The van der Waals surface area contributed by atoms with Crippen molar-refractivity contribution in [3.63, 3.8) is 0 Å². The maximum atomic E-state index is 13.4. The molecular weight excluding hydrogens is 237 g/mol. The molecule has 0 amide bonds. The normalized spacial score (nSPS) is 20.2. The highest BCUT2D eigenvalue weighted by Crippen LogP contribution is 2.20. The number of nitro benzene ring substituents is 1. The van der Waals surface area contributed by atoms with Crippen LogP contribution in [-0.2, 0) is 6.54 Å². The topological polar surface area (TPSA) is 58.4 Å². The lowest BCUT2D eigenvalue weighted by Crippen LogP contribution is -2.29. The van der Waals surface area contributed by atoms with E-state index in [1.54, 1.807) is 6.07 Å². The Bertz CT molecular complexity index is 453. The van der Waals surface area contributed by atoms with Crippen LogP contribution in [0, 0.1) is 15.9 Å². The molecule has 18 heavy (non-hydrogen) atoms. The first-order valence-electron chi connectivity index (χ1n) is 5.92. The van der Waals surface area contributed by atoms with Crippen LogP contribution in [-0.4, -0.2) is 36.0 Å². The zero-order valence-corrected chi connectivity index (χ0v) is 10.2. The maximum Gasteiger partial charge on any atom is 0.304 e. The summed E-state index contributed by atoms with van der Waals surface area (Å²) in [6, 6.07) is 4.59. The Hall–Kier alpha value is -1.53. The van der Waals surface area contributed by atoms with Crippen molar-refractivity contribution in [2.24, 2.45) is 0 Å². The fraction of sp³-hybridized carbons (Fsp3) is 0.500. The molecule has 0 aromatic heterocycles. The molecule has 0 bridgehead atoms. The quantitative estimate of drug-likeness (QED) is 0.653. The van der Waals surface area contributed by atoms with Crippen LogP contribution in [0.3, 0.4) is 0 Å². The van der Waals surface area contributed by atoms with Crippen LogP contribution >= 0.6 is 0 Å². The summed E-state index contributed by atoms with van der Waals surface area (Å²) >= 11 is 0. The molecule has 1 aliphatic heterocycles. The summed E-state index contributed by atoms with van der Waals surface area (Å²) in [5.74, 6) is -0.762. The fourth-order valence-electron chi connectivity index (χ4n) is 2.27. The molecule has 1 fully saturated rings. The number of nitrogens with zero attached hydrogens (tertiary/aromatic N) is 2. The lowest BCUT2D eigenvalue weighted by Gasteiger charge is -2.15. The Morgan fingerprint density at radius 2 is 2.39 bits per heavy atom. The monoisotopic (exact) mass is 253 g/mol. The first-order chi connectivity index (χ1) is 8.60. The van der Waals surface area contributed by atoms with Crippen molar-refractivity contribution in [2.75, 3.05) is 20.1 Å². The van der Waals surface area contributed by atoms with Crippen LogP contribution < -0.4 is 5.32 Å². The van der Waals surface area contributed by atoms with E-state index in [2.05, 4.69) is 10.2 Å². The molecule has 0 saturated carbocycles. The molecule has 1 saturated heterocycles. The number of likely N-dealkylation sites (tertiary alicyclic amines) is 1. The number of benzene rings is 1. The van der Waals surface area contributed by atoms with Gasteiger partial charge in [0.05, 0.1) is 4.92 Å². The molecule has 5 nitrogen and oxygen atoms in total. The molecular formula is C12H16FN3O2. The van der Waals surface area contributed by atoms with Gasteiger partial charge < -0.3 is 5.32 Å². The molecule has 1 aliphatic rings. The summed E-state index contributed by atoms with van der Waals surface area (Å²) in [5, 5.41) is 13.7. The zero-order valence-electron chi connectivity index (χ0n) is 10.2. The van der Waals surface area contributed by atoms with Gasteiger partial charge in [0.25, 0.3) is 0 Å². The van der Waals surface area contributed by atoms with E-state index in [1.165, 1.54) is 12.1 Å². The minimum Gasteiger partial charge on any atom is -0.316 e. The number of hydrogen-bond acceptors (Lipinski definition) is 4. The van der Waals surface area contributed by atoms with Crippen LogP contribution in [0.15, 0.2) is 18.2 Å². The molecule has 1 unspecified atom stereocenters. The smallest absolute Gasteiger partial charge is 0.304 e. The number of halogens is 1. The van der Waals surface area contributed by atoms with Gasteiger partial charge in [-0.2, -0.15) is 4.39 Å². The van der Waals surface area contributed by atoms with Crippen molar-refractivity contribution in [2.45, 2.75) is 19.0 Å². The predicted octanol–water partition coefficient (Wildman–Crippen LogP) is 1.53. The van der Waals surface area contributed by atoms with Gasteiger partial charge in [-0.15, -0.1) is 0 Å². The first-order valence-corrected chi connectivity index (χ1v) is 5.92. The Balaban J connectivity index is 2.02. The molecule has 1 heterocycles. The molecule has 0 aliphatic carbocycles. The molecule has 2 rings (SSSR count). The Kier molecular flexibility index (Phi) is 3.88. The highest BCUT2D eigenvalue weighted by molar-refractivity contribution is 5.35. The van der Waals surface area contributed by atoms with Crippen molar-refractivity contribution >= 4 is 5.69 Å². The zero-order chi connectivity index (χ0) is 13.1. The van der Waals surface area contributed by atoms with E-state index in [4.69, 9.17) is 0 Å². The summed E-state index contributed by atoms with van der Waals surface area (Å²) in [5.41, 5.74) is 0.308. The Morgan fingerprint density at radius 1 is 1.61 bits per heavy atom. The number of rotatable bonds is 4. The molecule has 0 radical (unpaired) electrons. The second-order valence-electron chi connectivity index (χ2n) is 4.55. The SMILES string of the molecule is CNC1CCN(Cc2ccc([N+](=O)[O-])c(F)c2)C1. The van der Waals surface area contributed by atoms with Crippen molar-refractivity contribution < 1.29 is 9.31 Å². The van der Waals surface area contributed by atoms with E-state index in [0.29, 0.717) is 12.6 Å². The average molecular weight is 253 g/mol. The van der Waals surface area contributed by atoms with Crippen molar-refractivity contribution in [1.82, 2.24) is 10.2 Å². The van der Waals surface area contributed by atoms with E-state index in [-0.39, 0.29) is 0 Å². The van der Waals surface area contributed by atoms with Crippen LogP contribution in [0.2, 0.25) is 0 Å². The van der Waals surface area contributed by atoms with Crippen LogP contribution in [0.5, 0.6) is 0 Å². The van der Waals surface area contributed by atoms with E-state index >= 15 is 0 Å². The summed E-state index contributed by atoms with van der Waals surface area (Å²) < 4.78 is 13.4.